The van der Waals surface area contributed by atoms with Crippen molar-refractivity contribution in [2.75, 3.05) is 32.8 Å². The third-order valence-corrected chi connectivity index (χ3v) is 5.12. The number of nitrogens with zero attached hydrogens (tertiary/aromatic N) is 1. The Hall–Kier alpha value is -1.10. The van der Waals surface area contributed by atoms with Crippen LogP contribution in [0.4, 0.5) is 0 Å². The smallest absolute Gasteiger partial charge is 0.122 e. The number of rotatable bonds is 7. The van der Waals surface area contributed by atoms with Crippen molar-refractivity contribution >= 4 is 0 Å². The maximum absolute atomic E-state index is 9.55. The third-order valence-electron chi connectivity index (χ3n) is 5.12. The number of hydrogen-bond donors (Lipinski definition) is 2. The number of ether oxygens (including phenoxy) is 1. The maximum Gasteiger partial charge on any atom is 0.122 e. The van der Waals surface area contributed by atoms with Crippen LogP contribution in [-0.2, 0) is 6.42 Å². The highest BCUT2D eigenvalue weighted by molar-refractivity contribution is 5.40. The quantitative estimate of drug-likeness (QED) is 0.758. The summed E-state index contributed by atoms with van der Waals surface area (Å²) in [5.74, 6) is 1.07. The highest BCUT2D eigenvalue weighted by Crippen LogP contribution is 2.29. The summed E-state index contributed by atoms with van der Waals surface area (Å²) < 4.78 is 5.60. The normalized spacial score (nSPS) is 20.3. The molecule has 1 aromatic carbocycles. The molecule has 1 unspecified atom stereocenters. The second-order valence-corrected chi connectivity index (χ2v) is 6.81. The zero-order valence-electron chi connectivity index (χ0n) is 14.3. The van der Waals surface area contributed by atoms with Gasteiger partial charge in [-0.3, -0.25) is 0 Å². The average Bonchev–Trinajstić information content (AvgIpc) is 3.04. The summed E-state index contributed by atoms with van der Waals surface area (Å²) in [5, 5.41) is 13.3. The predicted octanol–water partition coefficient (Wildman–Crippen LogP) is 2.51. The minimum absolute atomic E-state index is 0.0716. The second-order valence-electron chi connectivity index (χ2n) is 6.81. The van der Waals surface area contributed by atoms with Crippen molar-refractivity contribution in [3.05, 3.63) is 29.3 Å². The van der Waals surface area contributed by atoms with Crippen LogP contribution in [-0.4, -0.2) is 48.9 Å². The van der Waals surface area contributed by atoms with E-state index in [2.05, 4.69) is 35.3 Å². The minimum Gasteiger partial charge on any atom is -0.493 e. The molecule has 128 valence electrons. The fourth-order valence-electron chi connectivity index (χ4n) is 3.64. The minimum atomic E-state index is -0.0716. The van der Waals surface area contributed by atoms with Gasteiger partial charge >= 0.3 is 0 Å². The zero-order valence-corrected chi connectivity index (χ0v) is 14.3. The molecule has 0 radical (unpaired) electrons. The molecule has 0 spiro atoms. The lowest BCUT2D eigenvalue weighted by molar-refractivity contribution is 0.0820. The van der Waals surface area contributed by atoms with E-state index in [9.17, 15) is 5.11 Å². The Morgan fingerprint density at radius 1 is 1.35 bits per heavy atom. The first-order chi connectivity index (χ1) is 11.3. The lowest BCUT2D eigenvalue weighted by atomic mass is 10.0. The molecule has 1 atom stereocenters. The van der Waals surface area contributed by atoms with Gasteiger partial charge in [-0.15, -0.1) is 0 Å². The van der Waals surface area contributed by atoms with Gasteiger partial charge < -0.3 is 20.1 Å². The van der Waals surface area contributed by atoms with Gasteiger partial charge in [-0.25, -0.2) is 0 Å². The molecule has 2 N–H and O–H groups in total. The van der Waals surface area contributed by atoms with Crippen LogP contribution in [0, 0.1) is 0 Å². The molecule has 4 heteroatoms. The molecule has 3 rings (SSSR count). The zero-order chi connectivity index (χ0) is 16.1. The van der Waals surface area contributed by atoms with Crippen molar-refractivity contribution in [3.63, 3.8) is 0 Å². The molecule has 4 nitrogen and oxygen atoms in total. The van der Waals surface area contributed by atoms with E-state index in [1.54, 1.807) is 0 Å². The van der Waals surface area contributed by atoms with Gasteiger partial charge in [0, 0.05) is 25.6 Å². The van der Waals surface area contributed by atoms with Gasteiger partial charge in [0.05, 0.1) is 12.7 Å². The summed E-state index contributed by atoms with van der Waals surface area (Å²) in [6.45, 7) is 7.34. The van der Waals surface area contributed by atoms with Gasteiger partial charge in [0.2, 0.25) is 0 Å². The summed E-state index contributed by atoms with van der Waals surface area (Å²) in [4.78, 5) is 2.47. The van der Waals surface area contributed by atoms with Crippen molar-refractivity contribution in [1.82, 2.24) is 10.2 Å². The molecule has 0 saturated carbocycles. The number of benzene rings is 1. The first-order valence-electron chi connectivity index (χ1n) is 9.15. The van der Waals surface area contributed by atoms with Crippen molar-refractivity contribution in [2.45, 2.75) is 51.2 Å². The highest BCUT2D eigenvalue weighted by atomic mass is 16.5. The lowest BCUT2D eigenvalue weighted by Gasteiger charge is -2.29. The topological polar surface area (TPSA) is 44.7 Å². The Bertz CT molecular complexity index is 498. The molecule has 23 heavy (non-hydrogen) atoms. The Labute approximate surface area is 139 Å². The van der Waals surface area contributed by atoms with Crippen LogP contribution in [0.5, 0.6) is 5.75 Å². The van der Waals surface area contributed by atoms with Gasteiger partial charge in [-0.1, -0.05) is 19.1 Å². The molecule has 0 bridgehead atoms. The van der Waals surface area contributed by atoms with Crippen molar-refractivity contribution in [1.29, 1.82) is 0 Å². The molecule has 0 aromatic heterocycles. The van der Waals surface area contributed by atoms with E-state index >= 15 is 0 Å². The maximum atomic E-state index is 9.55. The lowest BCUT2D eigenvalue weighted by Crippen LogP contribution is -2.37. The summed E-state index contributed by atoms with van der Waals surface area (Å²) in [6, 6.07) is 7.08. The number of fused-ring (bicyclic) bond motifs is 1. The predicted molar refractivity (Wildman–Crippen MR) is 93.0 cm³/mol. The van der Waals surface area contributed by atoms with Gasteiger partial charge in [-0.2, -0.15) is 0 Å². The Balaban J connectivity index is 1.43. The van der Waals surface area contributed by atoms with Crippen LogP contribution in [0.15, 0.2) is 18.2 Å². The molecule has 1 aromatic rings. The number of nitrogens with one attached hydrogen (secondary N) is 1. The number of piperidine rings is 1. The van der Waals surface area contributed by atoms with E-state index in [0.717, 1.165) is 64.2 Å². The number of likely N-dealkylation sites (tertiary alicyclic amines) is 1. The Morgan fingerprint density at radius 2 is 2.17 bits per heavy atom. The average molecular weight is 318 g/mol. The van der Waals surface area contributed by atoms with Crippen LogP contribution in [0.1, 0.15) is 49.8 Å². The van der Waals surface area contributed by atoms with Crippen LogP contribution < -0.4 is 10.1 Å². The fraction of sp³-hybridized carbons (Fsp3) is 0.684. The molecular weight excluding hydrogens is 288 g/mol. The molecule has 0 amide bonds. The standard InChI is InChI=1S/C19H30N2O2/c1-2-18(15-4-5-19-16(14-15)8-13-23-19)20-9-3-10-21-11-6-17(22)7-12-21/h4-5,14,17-18,20,22H,2-3,6-13H2,1H3. The molecular formula is C19H30N2O2. The third kappa shape index (κ3) is 4.46. The van der Waals surface area contributed by atoms with Crippen molar-refractivity contribution < 1.29 is 9.84 Å². The number of aliphatic hydroxyl groups is 1. The van der Waals surface area contributed by atoms with Gasteiger partial charge in [-0.05, 0) is 56.0 Å². The molecule has 1 fully saturated rings. The first-order valence-corrected chi connectivity index (χ1v) is 9.15. The van der Waals surface area contributed by atoms with Gasteiger partial charge in [0.25, 0.3) is 0 Å². The SMILES string of the molecule is CCC(NCCCN1CCC(O)CC1)c1ccc2c(c1)CCO2. The summed E-state index contributed by atoms with van der Waals surface area (Å²) in [6.07, 6.45) is 5.11. The molecule has 2 heterocycles. The summed E-state index contributed by atoms with van der Waals surface area (Å²) >= 11 is 0. The largest absolute Gasteiger partial charge is 0.493 e. The van der Waals surface area contributed by atoms with Crippen LogP contribution in [0.2, 0.25) is 0 Å². The number of aliphatic hydroxyl groups excluding tert-OH is 1. The molecule has 0 aliphatic carbocycles. The molecule has 2 aliphatic heterocycles. The van der Waals surface area contributed by atoms with E-state index in [0.29, 0.717) is 6.04 Å². The Morgan fingerprint density at radius 3 is 2.96 bits per heavy atom. The van der Waals surface area contributed by atoms with Gasteiger partial charge in [0.1, 0.15) is 5.75 Å². The number of hydrogen-bond acceptors (Lipinski definition) is 4. The fourth-order valence-corrected chi connectivity index (χ4v) is 3.64. The van der Waals surface area contributed by atoms with Crippen molar-refractivity contribution in [2.24, 2.45) is 0 Å². The monoisotopic (exact) mass is 318 g/mol. The summed E-state index contributed by atoms with van der Waals surface area (Å²) in [7, 11) is 0. The Kier molecular flexibility index (Phi) is 5.92. The van der Waals surface area contributed by atoms with Gasteiger partial charge in [0.15, 0.2) is 0 Å². The summed E-state index contributed by atoms with van der Waals surface area (Å²) in [5.41, 5.74) is 2.74. The van der Waals surface area contributed by atoms with E-state index in [-0.39, 0.29) is 6.10 Å². The van der Waals surface area contributed by atoms with E-state index in [4.69, 9.17) is 4.74 Å². The van der Waals surface area contributed by atoms with Crippen LogP contribution >= 0.6 is 0 Å². The van der Waals surface area contributed by atoms with Crippen LogP contribution in [0.3, 0.4) is 0 Å². The van der Waals surface area contributed by atoms with E-state index in [1.165, 1.54) is 17.5 Å². The second kappa shape index (κ2) is 8.13. The molecule has 2 aliphatic rings. The molecule has 1 saturated heterocycles. The highest BCUT2D eigenvalue weighted by Gasteiger charge is 2.17. The first kappa shape index (κ1) is 16.7. The van der Waals surface area contributed by atoms with E-state index in [1.807, 2.05) is 0 Å². The van der Waals surface area contributed by atoms with Crippen LogP contribution in [0.25, 0.3) is 0 Å². The van der Waals surface area contributed by atoms with Crippen molar-refractivity contribution in [3.8, 4) is 5.75 Å². The van der Waals surface area contributed by atoms with E-state index < -0.39 is 0 Å².